The number of ketones is 1. The van der Waals surface area contributed by atoms with Crippen LogP contribution in [0.15, 0.2) is 33.8 Å². The lowest BCUT2D eigenvalue weighted by Gasteiger charge is -1.86. The smallest absolute Gasteiger partial charge is 0.302 e. The largest absolute Gasteiger partial charge is 0.442 e. The molecule has 2 heterocycles. The normalized spacial score (nSPS) is 10.0. The van der Waals surface area contributed by atoms with E-state index in [1.165, 1.54) is 24.9 Å². The minimum atomic E-state index is -0.454. The monoisotopic (exact) mass is 164 g/mol. The molecule has 5 nitrogen and oxygen atoms in total. The summed E-state index contributed by atoms with van der Waals surface area (Å²) in [5.41, 5.74) is 0. The second-order valence-electron chi connectivity index (χ2n) is 2.00. The van der Waals surface area contributed by atoms with E-state index < -0.39 is 5.78 Å². The molecular weight excluding hydrogens is 160 g/mol. The highest BCUT2D eigenvalue weighted by molar-refractivity contribution is 6.02. The molecule has 0 saturated carbocycles. The molecular formula is C7H4N2O3. The van der Waals surface area contributed by atoms with Gasteiger partial charge in [-0.1, -0.05) is 0 Å². The SMILES string of the molecule is O=C(c1ncco1)c1ncco1. The molecule has 0 aliphatic carbocycles. The number of carbonyl (C=O) groups excluding carboxylic acids is 1. The molecule has 2 aromatic heterocycles. The van der Waals surface area contributed by atoms with E-state index in [9.17, 15) is 4.79 Å². The molecule has 0 amide bonds. The first-order valence-electron chi connectivity index (χ1n) is 3.21. The van der Waals surface area contributed by atoms with Crippen LogP contribution in [0.3, 0.4) is 0 Å². The third-order valence-electron chi connectivity index (χ3n) is 1.25. The molecule has 0 aromatic carbocycles. The fourth-order valence-corrected chi connectivity index (χ4v) is 0.763. The van der Waals surface area contributed by atoms with Gasteiger partial charge >= 0.3 is 5.78 Å². The second-order valence-corrected chi connectivity index (χ2v) is 2.00. The molecule has 0 aliphatic rings. The highest BCUT2D eigenvalue weighted by Gasteiger charge is 2.17. The zero-order chi connectivity index (χ0) is 8.39. The van der Waals surface area contributed by atoms with Crippen molar-refractivity contribution in [1.82, 2.24) is 9.97 Å². The van der Waals surface area contributed by atoms with Gasteiger partial charge in [0.2, 0.25) is 0 Å². The Morgan fingerprint density at radius 2 is 1.58 bits per heavy atom. The highest BCUT2D eigenvalue weighted by Crippen LogP contribution is 2.04. The van der Waals surface area contributed by atoms with Crippen LogP contribution < -0.4 is 0 Å². The van der Waals surface area contributed by atoms with Gasteiger partial charge in [0, 0.05) is 0 Å². The van der Waals surface area contributed by atoms with Gasteiger partial charge in [-0.15, -0.1) is 0 Å². The maximum Gasteiger partial charge on any atom is 0.302 e. The maximum absolute atomic E-state index is 11.3. The maximum atomic E-state index is 11.3. The van der Waals surface area contributed by atoms with Crippen molar-refractivity contribution in [3.63, 3.8) is 0 Å². The number of hydrogen-bond acceptors (Lipinski definition) is 5. The molecule has 0 saturated heterocycles. The van der Waals surface area contributed by atoms with Crippen LogP contribution in [0.1, 0.15) is 16.6 Å². The predicted molar refractivity (Wildman–Crippen MR) is 36.4 cm³/mol. The van der Waals surface area contributed by atoms with Crippen LogP contribution in [0.25, 0.3) is 0 Å². The lowest BCUT2D eigenvalue weighted by Crippen LogP contribution is -2.01. The predicted octanol–water partition coefficient (Wildman–Crippen LogP) is 0.894. The van der Waals surface area contributed by atoms with Crippen molar-refractivity contribution in [2.24, 2.45) is 0 Å². The zero-order valence-electron chi connectivity index (χ0n) is 5.93. The first kappa shape index (κ1) is 6.78. The summed E-state index contributed by atoms with van der Waals surface area (Å²) in [5, 5.41) is 0. The van der Waals surface area contributed by atoms with Crippen LogP contribution in [-0.4, -0.2) is 15.8 Å². The third-order valence-corrected chi connectivity index (χ3v) is 1.25. The number of oxazole rings is 2. The van der Waals surface area contributed by atoms with Crippen molar-refractivity contribution in [3.8, 4) is 0 Å². The van der Waals surface area contributed by atoms with Gasteiger partial charge in [-0.05, 0) is 0 Å². The second kappa shape index (κ2) is 2.61. The van der Waals surface area contributed by atoms with Crippen LogP contribution in [0, 0.1) is 0 Å². The van der Waals surface area contributed by atoms with Gasteiger partial charge in [0.15, 0.2) is 0 Å². The molecule has 0 spiro atoms. The van der Waals surface area contributed by atoms with Crippen molar-refractivity contribution in [2.75, 3.05) is 0 Å². The Morgan fingerprint density at radius 1 is 1.08 bits per heavy atom. The fraction of sp³-hybridized carbons (Fsp3) is 0. The molecule has 0 bridgehead atoms. The summed E-state index contributed by atoms with van der Waals surface area (Å²) in [6.45, 7) is 0. The molecule has 60 valence electrons. The highest BCUT2D eigenvalue weighted by atomic mass is 16.4. The number of carbonyl (C=O) groups is 1. The summed E-state index contributed by atoms with van der Waals surface area (Å²) in [5.74, 6) is -0.486. The van der Waals surface area contributed by atoms with Crippen LogP contribution in [-0.2, 0) is 0 Å². The fourth-order valence-electron chi connectivity index (χ4n) is 0.763. The van der Waals surface area contributed by atoms with Crippen LogP contribution >= 0.6 is 0 Å². The third kappa shape index (κ3) is 1.01. The summed E-state index contributed by atoms with van der Waals surface area (Å²) in [4.78, 5) is 18.6. The summed E-state index contributed by atoms with van der Waals surface area (Å²) < 4.78 is 9.52. The Morgan fingerprint density at radius 3 is 1.92 bits per heavy atom. The van der Waals surface area contributed by atoms with E-state index in [0.29, 0.717) is 0 Å². The van der Waals surface area contributed by atoms with E-state index in [2.05, 4.69) is 9.97 Å². The Bertz CT molecular complexity index is 327. The lowest BCUT2D eigenvalue weighted by atomic mass is 10.4. The molecule has 0 aliphatic heterocycles. The molecule has 0 unspecified atom stereocenters. The Balaban J connectivity index is 2.34. The van der Waals surface area contributed by atoms with Gasteiger partial charge in [-0.25, -0.2) is 9.97 Å². The molecule has 5 heteroatoms. The van der Waals surface area contributed by atoms with Crippen LogP contribution in [0.2, 0.25) is 0 Å². The van der Waals surface area contributed by atoms with Gasteiger partial charge in [0.1, 0.15) is 12.5 Å². The topological polar surface area (TPSA) is 69.1 Å². The van der Waals surface area contributed by atoms with E-state index in [1.807, 2.05) is 0 Å². The number of aromatic nitrogens is 2. The van der Waals surface area contributed by atoms with Gasteiger partial charge in [0.25, 0.3) is 11.8 Å². The average Bonchev–Trinajstić information content (AvgIpc) is 2.77. The average molecular weight is 164 g/mol. The van der Waals surface area contributed by atoms with Crippen molar-refractivity contribution < 1.29 is 13.6 Å². The van der Waals surface area contributed by atoms with E-state index in [1.54, 1.807) is 0 Å². The molecule has 0 N–H and O–H groups in total. The molecule has 2 aromatic rings. The van der Waals surface area contributed by atoms with Crippen molar-refractivity contribution in [2.45, 2.75) is 0 Å². The van der Waals surface area contributed by atoms with Gasteiger partial charge < -0.3 is 8.83 Å². The summed E-state index contributed by atoms with van der Waals surface area (Å²) in [6, 6.07) is 0. The quantitative estimate of drug-likeness (QED) is 0.616. The van der Waals surface area contributed by atoms with E-state index in [4.69, 9.17) is 8.83 Å². The number of rotatable bonds is 2. The first-order chi connectivity index (χ1) is 5.88. The van der Waals surface area contributed by atoms with Gasteiger partial charge in [-0.3, -0.25) is 4.79 Å². The minimum Gasteiger partial charge on any atom is -0.442 e. The van der Waals surface area contributed by atoms with Crippen molar-refractivity contribution in [1.29, 1.82) is 0 Å². The Labute approximate surface area is 67.0 Å². The zero-order valence-corrected chi connectivity index (χ0v) is 5.93. The molecule has 2 rings (SSSR count). The van der Waals surface area contributed by atoms with Gasteiger partial charge in [-0.2, -0.15) is 0 Å². The van der Waals surface area contributed by atoms with Crippen molar-refractivity contribution in [3.05, 3.63) is 36.7 Å². The Hall–Kier alpha value is -1.91. The van der Waals surface area contributed by atoms with Crippen LogP contribution in [0.4, 0.5) is 0 Å². The van der Waals surface area contributed by atoms with Crippen molar-refractivity contribution >= 4 is 5.78 Å². The summed E-state index contributed by atoms with van der Waals surface area (Å²) in [6.07, 6.45) is 5.40. The first-order valence-corrected chi connectivity index (χ1v) is 3.21. The standard InChI is InChI=1S/C7H4N2O3/c10-5(6-8-1-3-11-6)7-9-2-4-12-7/h1-4H. The number of hydrogen-bond donors (Lipinski definition) is 0. The Kier molecular flexibility index (Phi) is 1.48. The summed E-state index contributed by atoms with van der Waals surface area (Å²) in [7, 11) is 0. The molecule has 12 heavy (non-hydrogen) atoms. The summed E-state index contributed by atoms with van der Waals surface area (Å²) >= 11 is 0. The lowest BCUT2D eigenvalue weighted by molar-refractivity contribution is 0.0970. The van der Waals surface area contributed by atoms with Crippen LogP contribution in [0.5, 0.6) is 0 Å². The molecule has 0 fully saturated rings. The van der Waals surface area contributed by atoms with E-state index in [0.717, 1.165) is 0 Å². The van der Waals surface area contributed by atoms with E-state index >= 15 is 0 Å². The molecule has 0 radical (unpaired) electrons. The molecule has 0 atom stereocenters. The minimum absolute atomic E-state index is 0.0162. The number of nitrogens with zero attached hydrogens (tertiary/aromatic N) is 2. The van der Waals surface area contributed by atoms with E-state index in [-0.39, 0.29) is 11.8 Å². The van der Waals surface area contributed by atoms with Gasteiger partial charge in [0.05, 0.1) is 12.4 Å².